The van der Waals surface area contributed by atoms with Gasteiger partial charge in [-0.05, 0) is 58.2 Å². The van der Waals surface area contributed by atoms with Crippen LogP contribution in [-0.4, -0.2) is 23.5 Å². The van der Waals surface area contributed by atoms with Gasteiger partial charge in [-0.2, -0.15) is 0 Å². The fourth-order valence-corrected chi connectivity index (χ4v) is 3.87. The van der Waals surface area contributed by atoms with Crippen LogP contribution in [0.2, 0.25) is 0 Å². The van der Waals surface area contributed by atoms with E-state index in [-0.39, 0.29) is 23.9 Å². The summed E-state index contributed by atoms with van der Waals surface area (Å²) >= 11 is 3.13. The van der Waals surface area contributed by atoms with Gasteiger partial charge >= 0.3 is 0 Å². The first kappa shape index (κ1) is 19.2. The van der Waals surface area contributed by atoms with E-state index in [1.54, 1.807) is 12.1 Å². The summed E-state index contributed by atoms with van der Waals surface area (Å²) in [6.45, 7) is 0.890. The van der Waals surface area contributed by atoms with Crippen molar-refractivity contribution in [3.05, 3.63) is 79.4 Å². The van der Waals surface area contributed by atoms with Crippen LogP contribution >= 0.6 is 15.9 Å². The minimum atomic E-state index is -1.07. The quantitative estimate of drug-likeness (QED) is 0.639. The molecule has 8 heteroatoms. The molecule has 0 saturated heterocycles. The van der Waals surface area contributed by atoms with E-state index in [0.717, 1.165) is 17.7 Å². The van der Waals surface area contributed by atoms with Gasteiger partial charge in [-0.15, -0.1) is 0 Å². The lowest BCUT2D eigenvalue weighted by molar-refractivity contribution is 0.0377. The molecule has 0 amide bonds. The summed E-state index contributed by atoms with van der Waals surface area (Å²) in [5.74, 6) is -2.44. The van der Waals surface area contributed by atoms with Gasteiger partial charge in [0.15, 0.2) is 11.6 Å². The number of H-pyrrole nitrogens is 1. The summed E-state index contributed by atoms with van der Waals surface area (Å²) in [4.78, 5) is 16.9. The SMILES string of the molecule is CN(Cc1ccc(Br)c(F)c1)C1COCc2[nH]c(=O)c3cc(F)c(F)cc3c21. The first-order valence-electron chi connectivity index (χ1n) is 8.61. The molecule has 4 rings (SSSR count). The van der Waals surface area contributed by atoms with Gasteiger partial charge in [0.05, 0.1) is 29.1 Å². The molecule has 0 aliphatic carbocycles. The van der Waals surface area contributed by atoms with E-state index in [4.69, 9.17) is 4.74 Å². The molecule has 1 unspecified atom stereocenters. The van der Waals surface area contributed by atoms with Gasteiger partial charge in [0.25, 0.3) is 5.56 Å². The van der Waals surface area contributed by atoms with Crippen LogP contribution in [0.3, 0.4) is 0 Å². The molecule has 2 aromatic carbocycles. The average Bonchev–Trinajstić information content (AvgIpc) is 2.66. The minimum Gasteiger partial charge on any atom is -0.373 e. The van der Waals surface area contributed by atoms with Gasteiger partial charge in [0.1, 0.15) is 5.82 Å². The second-order valence-corrected chi connectivity index (χ2v) is 7.71. The molecule has 2 heterocycles. The van der Waals surface area contributed by atoms with Crippen molar-refractivity contribution in [2.24, 2.45) is 0 Å². The lowest BCUT2D eigenvalue weighted by atomic mass is 9.95. The lowest BCUT2D eigenvalue weighted by Crippen LogP contribution is -2.33. The first-order chi connectivity index (χ1) is 13.3. The van der Waals surface area contributed by atoms with Gasteiger partial charge in [-0.1, -0.05) is 6.07 Å². The van der Waals surface area contributed by atoms with Gasteiger partial charge in [-0.3, -0.25) is 9.69 Å². The summed E-state index contributed by atoms with van der Waals surface area (Å²) in [6, 6.07) is 6.53. The van der Waals surface area contributed by atoms with Crippen molar-refractivity contribution in [1.29, 1.82) is 0 Å². The first-order valence-corrected chi connectivity index (χ1v) is 9.40. The summed E-state index contributed by atoms with van der Waals surface area (Å²) in [5.41, 5.74) is 1.49. The monoisotopic (exact) mass is 452 g/mol. The van der Waals surface area contributed by atoms with Crippen molar-refractivity contribution < 1.29 is 17.9 Å². The van der Waals surface area contributed by atoms with Crippen LogP contribution in [-0.2, 0) is 17.9 Å². The zero-order valence-corrected chi connectivity index (χ0v) is 16.4. The molecular weight excluding hydrogens is 437 g/mol. The highest BCUT2D eigenvalue weighted by atomic mass is 79.9. The third kappa shape index (κ3) is 3.36. The van der Waals surface area contributed by atoms with Crippen molar-refractivity contribution in [3.8, 4) is 0 Å². The number of halogens is 4. The molecule has 0 bridgehead atoms. The summed E-state index contributed by atoms with van der Waals surface area (Å²) in [6.07, 6.45) is 0. The van der Waals surface area contributed by atoms with Crippen LogP contribution in [0.5, 0.6) is 0 Å². The highest BCUT2D eigenvalue weighted by Gasteiger charge is 2.29. The normalized spacial score (nSPS) is 16.6. The topological polar surface area (TPSA) is 45.3 Å². The van der Waals surface area contributed by atoms with Crippen molar-refractivity contribution in [3.63, 3.8) is 0 Å². The van der Waals surface area contributed by atoms with E-state index in [1.165, 1.54) is 6.07 Å². The Hall–Kier alpha value is -2.16. The maximum absolute atomic E-state index is 13.9. The Balaban J connectivity index is 1.79. The van der Waals surface area contributed by atoms with Crippen LogP contribution in [0.25, 0.3) is 10.8 Å². The van der Waals surface area contributed by atoms with Gasteiger partial charge < -0.3 is 9.72 Å². The van der Waals surface area contributed by atoms with Crippen molar-refractivity contribution in [2.45, 2.75) is 19.2 Å². The molecule has 0 fully saturated rings. The number of likely N-dealkylation sites (N-methyl/N-ethyl adjacent to an activating group) is 1. The van der Waals surface area contributed by atoms with Crippen molar-refractivity contribution in [1.82, 2.24) is 9.88 Å². The third-order valence-electron chi connectivity index (χ3n) is 4.99. The maximum Gasteiger partial charge on any atom is 0.256 e. The molecule has 4 nitrogen and oxygen atoms in total. The Kier molecular flexibility index (Phi) is 5.03. The molecule has 28 heavy (non-hydrogen) atoms. The minimum absolute atomic E-state index is 0.0904. The Bertz CT molecular complexity index is 1130. The molecule has 3 aromatic rings. The largest absolute Gasteiger partial charge is 0.373 e. The van der Waals surface area contributed by atoms with E-state index in [2.05, 4.69) is 20.9 Å². The number of fused-ring (bicyclic) bond motifs is 3. The van der Waals surface area contributed by atoms with Crippen molar-refractivity contribution in [2.75, 3.05) is 13.7 Å². The van der Waals surface area contributed by atoms with Crippen molar-refractivity contribution >= 4 is 26.7 Å². The number of ether oxygens (including phenoxy) is 1. The zero-order chi connectivity index (χ0) is 20.0. The van der Waals surface area contributed by atoms with E-state index >= 15 is 0 Å². The predicted molar refractivity (Wildman–Crippen MR) is 102 cm³/mol. The molecule has 146 valence electrons. The third-order valence-corrected chi connectivity index (χ3v) is 5.63. The zero-order valence-electron chi connectivity index (χ0n) is 14.9. The van der Waals surface area contributed by atoms with E-state index in [9.17, 15) is 18.0 Å². The lowest BCUT2D eigenvalue weighted by Gasteiger charge is -2.34. The average molecular weight is 453 g/mol. The number of aromatic nitrogens is 1. The Morgan fingerprint density at radius 3 is 2.57 bits per heavy atom. The molecule has 0 saturated carbocycles. The Morgan fingerprint density at radius 2 is 1.86 bits per heavy atom. The molecule has 1 atom stereocenters. The van der Waals surface area contributed by atoms with E-state index in [0.29, 0.717) is 34.3 Å². The fraction of sp³-hybridized carbons (Fsp3) is 0.250. The Morgan fingerprint density at radius 1 is 1.14 bits per heavy atom. The molecular formula is C20H16BrF3N2O2. The number of benzene rings is 2. The number of pyridine rings is 1. The summed E-state index contributed by atoms with van der Waals surface area (Å²) < 4.78 is 47.4. The highest BCUT2D eigenvalue weighted by Crippen LogP contribution is 2.34. The number of hydrogen-bond acceptors (Lipinski definition) is 3. The van der Waals surface area contributed by atoms with Crippen LogP contribution < -0.4 is 5.56 Å². The van der Waals surface area contributed by atoms with Gasteiger partial charge in [-0.25, -0.2) is 13.2 Å². The molecule has 0 radical (unpaired) electrons. The van der Waals surface area contributed by atoms with Gasteiger partial charge in [0.2, 0.25) is 0 Å². The molecule has 1 N–H and O–H groups in total. The van der Waals surface area contributed by atoms with E-state index in [1.807, 2.05) is 11.9 Å². The summed E-state index contributed by atoms with van der Waals surface area (Å²) in [5, 5.41) is 0.451. The second-order valence-electron chi connectivity index (χ2n) is 6.85. The number of nitrogens with one attached hydrogen (secondary N) is 1. The molecule has 1 aliphatic rings. The number of aromatic amines is 1. The maximum atomic E-state index is 13.9. The standard InChI is InChI=1S/C20H16BrF3N2O2/c1-26(7-10-2-3-13(21)14(22)4-10)18-9-28-8-17-19(18)11-5-15(23)16(24)6-12(11)20(27)25-17/h2-6,18H,7-9H2,1H3,(H,25,27). The molecule has 1 aromatic heterocycles. The summed E-state index contributed by atoms with van der Waals surface area (Å²) in [7, 11) is 1.83. The predicted octanol–water partition coefficient (Wildman–Crippen LogP) is 4.41. The Labute approximate surface area is 167 Å². The molecule has 0 spiro atoms. The van der Waals surface area contributed by atoms with Crippen LogP contribution in [0.15, 0.2) is 39.6 Å². The smallest absolute Gasteiger partial charge is 0.256 e. The fourth-order valence-electron chi connectivity index (χ4n) is 3.63. The molecule has 1 aliphatic heterocycles. The number of nitrogens with zero attached hydrogens (tertiary/aromatic N) is 1. The van der Waals surface area contributed by atoms with E-state index < -0.39 is 17.2 Å². The number of rotatable bonds is 3. The van der Waals surface area contributed by atoms with Crippen LogP contribution in [0, 0.1) is 17.5 Å². The second kappa shape index (κ2) is 7.35. The van der Waals surface area contributed by atoms with Crippen LogP contribution in [0.4, 0.5) is 13.2 Å². The van der Waals surface area contributed by atoms with Gasteiger partial charge in [0, 0.05) is 17.8 Å². The highest BCUT2D eigenvalue weighted by molar-refractivity contribution is 9.10. The van der Waals surface area contributed by atoms with Crippen LogP contribution in [0.1, 0.15) is 22.9 Å². The number of hydrogen-bond donors (Lipinski definition) is 1.